The maximum Gasteiger partial charge on any atom is 0.232 e. The van der Waals surface area contributed by atoms with Gasteiger partial charge in [-0.15, -0.1) is 5.10 Å². The van der Waals surface area contributed by atoms with Crippen LogP contribution in [-0.2, 0) is 0 Å². The minimum Gasteiger partial charge on any atom is -0.473 e. The van der Waals surface area contributed by atoms with Gasteiger partial charge in [0.2, 0.25) is 5.88 Å². The molecule has 24 heavy (non-hydrogen) atoms. The molecular weight excluding hydrogens is 304 g/mol. The van der Waals surface area contributed by atoms with Gasteiger partial charge in [-0.1, -0.05) is 0 Å². The largest absolute Gasteiger partial charge is 0.473 e. The second kappa shape index (κ2) is 6.28. The average molecular weight is 326 g/mol. The van der Waals surface area contributed by atoms with E-state index in [4.69, 9.17) is 9.15 Å². The zero-order valence-corrected chi connectivity index (χ0v) is 14.0. The first-order valence-corrected chi connectivity index (χ1v) is 8.50. The minimum absolute atomic E-state index is 0.126. The zero-order chi connectivity index (χ0) is 16.5. The number of piperidine rings is 1. The SMILES string of the molecule is Cc1ccc(-c2cnc3ccc(OC(C)C4CCCNC4)nn23)o1. The van der Waals surface area contributed by atoms with Crippen LogP contribution in [0.2, 0.25) is 0 Å². The highest BCUT2D eigenvalue weighted by Gasteiger charge is 2.22. The lowest BCUT2D eigenvalue weighted by Gasteiger charge is -2.28. The summed E-state index contributed by atoms with van der Waals surface area (Å²) in [6.45, 7) is 6.16. The van der Waals surface area contributed by atoms with Gasteiger partial charge in [-0.25, -0.2) is 9.50 Å². The van der Waals surface area contributed by atoms with E-state index in [1.54, 1.807) is 10.7 Å². The minimum atomic E-state index is 0.126. The molecule has 1 aliphatic rings. The molecule has 0 aliphatic carbocycles. The lowest BCUT2D eigenvalue weighted by atomic mass is 9.95. The van der Waals surface area contributed by atoms with Gasteiger partial charge in [-0.3, -0.25) is 0 Å². The van der Waals surface area contributed by atoms with Crippen molar-refractivity contribution in [1.82, 2.24) is 19.9 Å². The van der Waals surface area contributed by atoms with Crippen molar-refractivity contribution in [2.75, 3.05) is 13.1 Å². The van der Waals surface area contributed by atoms with Crippen LogP contribution in [0.4, 0.5) is 0 Å². The molecule has 0 aromatic carbocycles. The second-order valence-corrected chi connectivity index (χ2v) is 6.42. The normalized spacial score (nSPS) is 19.5. The van der Waals surface area contributed by atoms with E-state index < -0.39 is 0 Å². The van der Waals surface area contributed by atoms with Crippen molar-refractivity contribution in [2.45, 2.75) is 32.8 Å². The van der Waals surface area contributed by atoms with Crippen molar-refractivity contribution in [2.24, 2.45) is 5.92 Å². The Morgan fingerprint density at radius 3 is 3.00 bits per heavy atom. The number of fused-ring (bicyclic) bond motifs is 1. The molecule has 0 spiro atoms. The third-order valence-corrected chi connectivity index (χ3v) is 4.64. The van der Waals surface area contributed by atoms with Crippen LogP contribution in [0, 0.1) is 12.8 Å². The summed E-state index contributed by atoms with van der Waals surface area (Å²) in [5.74, 6) is 2.76. The molecule has 6 heteroatoms. The molecule has 3 aromatic heterocycles. The molecule has 4 heterocycles. The topological polar surface area (TPSA) is 64.6 Å². The molecule has 2 atom stereocenters. The van der Waals surface area contributed by atoms with Crippen molar-refractivity contribution >= 4 is 5.65 Å². The van der Waals surface area contributed by atoms with Crippen molar-refractivity contribution in [1.29, 1.82) is 0 Å². The van der Waals surface area contributed by atoms with Crippen LogP contribution in [0.5, 0.6) is 5.88 Å². The number of imidazole rings is 1. The van der Waals surface area contributed by atoms with E-state index in [2.05, 4.69) is 22.3 Å². The fraction of sp³-hybridized carbons (Fsp3) is 0.444. The first-order valence-electron chi connectivity index (χ1n) is 8.50. The maximum atomic E-state index is 6.10. The Bertz CT molecular complexity index is 833. The van der Waals surface area contributed by atoms with E-state index in [0.29, 0.717) is 11.8 Å². The molecule has 1 fully saturated rings. The average Bonchev–Trinajstić information content (AvgIpc) is 3.21. The zero-order valence-electron chi connectivity index (χ0n) is 14.0. The monoisotopic (exact) mass is 326 g/mol. The highest BCUT2D eigenvalue weighted by molar-refractivity contribution is 5.58. The first kappa shape index (κ1) is 15.2. The molecule has 0 amide bonds. The van der Waals surface area contributed by atoms with Crippen LogP contribution in [0.1, 0.15) is 25.5 Å². The van der Waals surface area contributed by atoms with Gasteiger partial charge in [0.05, 0.1) is 6.20 Å². The highest BCUT2D eigenvalue weighted by Crippen LogP contribution is 2.24. The van der Waals surface area contributed by atoms with Crippen molar-refractivity contribution in [3.05, 3.63) is 36.2 Å². The predicted molar refractivity (Wildman–Crippen MR) is 91.1 cm³/mol. The van der Waals surface area contributed by atoms with Gasteiger partial charge in [0.1, 0.15) is 17.6 Å². The summed E-state index contributed by atoms with van der Waals surface area (Å²) in [5, 5.41) is 8.04. The molecule has 4 rings (SSSR count). The summed E-state index contributed by atoms with van der Waals surface area (Å²) in [6, 6.07) is 7.68. The van der Waals surface area contributed by atoms with E-state index in [1.807, 2.05) is 31.2 Å². The van der Waals surface area contributed by atoms with E-state index in [9.17, 15) is 0 Å². The van der Waals surface area contributed by atoms with Crippen molar-refractivity contribution < 1.29 is 9.15 Å². The maximum absolute atomic E-state index is 6.10. The Balaban J connectivity index is 1.60. The van der Waals surface area contributed by atoms with Crippen LogP contribution in [0.3, 0.4) is 0 Å². The summed E-state index contributed by atoms with van der Waals surface area (Å²) < 4.78 is 13.6. The van der Waals surface area contributed by atoms with Gasteiger partial charge in [0.15, 0.2) is 11.4 Å². The molecule has 1 aliphatic heterocycles. The number of furan rings is 1. The van der Waals surface area contributed by atoms with E-state index >= 15 is 0 Å². The van der Waals surface area contributed by atoms with E-state index in [-0.39, 0.29) is 6.10 Å². The molecule has 1 N–H and O–H groups in total. The van der Waals surface area contributed by atoms with Crippen LogP contribution in [0.25, 0.3) is 17.1 Å². The Hall–Kier alpha value is -2.34. The fourth-order valence-electron chi connectivity index (χ4n) is 3.23. The number of aromatic nitrogens is 3. The highest BCUT2D eigenvalue weighted by atomic mass is 16.5. The molecule has 3 aromatic rings. The second-order valence-electron chi connectivity index (χ2n) is 6.42. The van der Waals surface area contributed by atoms with Crippen LogP contribution in [0.15, 0.2) is 34.9 Å². The van der Waals surface area contributed by atoms with Crippen molar-refractivity contribution in [3.63, 3.8) is 0 Å². The molecule has 0 radical (unpaired) electrons. The third-order valence-electron chi connectivity index (χ3n) is 4.64. The molecule has 6 nitrogen and oxygen atoms in total. The standard InChI is InChI=1S/C18H22N4O2/c1-12-5-6-16(23-12)15-11-20-17-7-8-18(21-22(15)17)24-13(2)14-4-3-9-19-10-14/h5-8,11,13-14,19H,3-4,9-10H2,1-2H3. The molecule has 0 saturated carbocycles. The van der Waals surface area contributed by atoms with Gasteiger partial charge < -0.3 is 14.5 Å². The van der Waals surface area contributed by atoms with Crippen LogP contribution >= 0.6 is 0 Å². The predicted octanol–water partition coefficient (Wildman–Crippen LogP) is 3.06. The summed E-state index contributed by atoms with van der Waals surface area (Å²) in [5.41, 5.74) is 1.61. The Labute approximate surface area is 140 Å². The lowest BCUT2D eigenvalue weighted by Crippen LogP contribution is -2.38. The summed E-state index contributed by atoms with van der Waals surface area (Å²) in [7, 11) is 0. The molecule has 1 saturated heterocycles. The number of aryl methyl sites for hydroxylation is 1. The van der Waals surface area contributed by atoms with Gasteiger partial charge in [-0.05, 0) is 51.4 Å². The van der Waals surface area contributed by atoms with Gasteiger partial charge >= 0.3 is 0 Å². The molecule has 126 valence electrons. The fourth-order valence-corrected chi connectivity index (χ4v) is 3.23. The Morgan fingerprint density at radius 1 is 1.33 bits per heavy atom. The smallest absolute Gasteiger partial charge is 0.232 e. The number of ether oxygens (including phenoxy) is 1. The summed E-state index contributed by atoms with van der Waals surface area (Å²) in [6.07, 6.45) is 4.30. The Morgan fingerprint density at radius 2 is 2.25 bits per heavy atom. The van der Waals surface area contributed by atoms with E-state index in [1.165, 1.54) is 12.8 Å². The number of hydrogen-bond donors (Lipinski definition) is 1. The number of hydrogen-bond acceptors (Lipinski definition) is 5. The third kappa shape index (κ3) is 2.89. The number of nitrogens with one attached hydrogen (secondary N) is 1. The molecular formula is C18H22N4O2. The van der Waals surface area contributed by atoms with Crippen LogP contribution < -0.4 is 10.1 Å². The van der Waals surface area contributed by atoms with Gasteiger partial charge in [-0.2, -0.15) is 0 Å². The molecule has 2 unspecified atom stereocenters. The van der Waals surface area contributed by atoms with Crippen LogP contribution in [-0.4, -0.2) is 33.8 Å². The quantitative estimate of drug-likeness (QED) is 0.798. The number of rotatable bonds is 4. The number of nitrogens with zero attached hydrogens (tertiary/aromatic N) is 3. The molecule has 0 bridgehead atoms. The summed E-state index contributed by atoms with van der Waals surface area (Å²) >= 11 is 0. The van der Waals surface area contributed by atoms with E-state index in [0.717, 1.165) is 36.0 Å². The van der Waals surface area contributed by atoms with Gasteiger partial charge in [0.25, 0.3) is 0 Å². The first-order chi connectivity index (χ1) is 11.7. The van der Waals surface area contributed by atoms with Gasteiger partial charge in [0, 0.05) is 18.5 Å². The Kier molecular flexibility index (Phi) is 3.98. The summed E-state index contributed by atoms with van der Waals surface area (Å²) in [4.78, 5) is 4.39. The van der Waals surface area contributed by atoms with Crippen molar-refractivity contribution in [3.8, 4) is 17.3 Å². The lowest BCUT2D eigenvalue weighted by molar-refractivity contribution is 0.124.